The van der Waals surface area contributed by atoms with Crippen molar-refractivity contribution in [1.29, 1.82) is 0 Å². The number of phenolic OH excluding ortho intramolecular Hbond substituents is 1. The van der Waals surface area contributed by atoms with Gasteiger partial charge in [-0.05, 0) is 37.2 Å². The molecular formula is C14H16N2O2. The second-order valence-electron chi connectivity index (χ2n) is 4.20. The number of likely N-dealkylation sites (N-methyl/N-ethyl adjacent to an activating group) is 1. The van der Waals surface area contributed by atoms with Crippen molar-refractivity contribution in [3.8, 4) is 5.75 Å². The van der Waals surface area contributed by atoms with Gasteiger partial charge in [0.15, 0.2) is 5.78 Å². The Hall–Kier alpha value is -2.07. The summed E-state index contributed by atoms with van der Waals surface area (Å²) in [5, 5.41) is 13.4. The van der Waals surface area contributed by atoms with Crippen molar-refractivity contribution in [2.45, 2.75) is 12.5 Å². The van der Waals surface area contributed by atoms with Gasteiger partial charge in [-0.3, -0.25) is 4.79 Å². The highest BCUT2D eigenvalue weighted by atomic mass is 16.3. The number of nitrogens with one attached hydrogen (secondary N) is 2. The zero-order valence-corrected chi connectivity index (χ0v) is 10.2. The molecule has 0 bridgehead atoms. The Kier molecular flexibility index (Phi) is 3.48. The van der Waals surface area contributed by atoms with Gasteiger partial charge in [0.1, 0.15) is 5.75 Å². The average Bonchev–Trinajstić information content (AvgIpc) is 2.77. The first-order valence-electron chi connectivity index (χ1n) is 5.78. The second-order valence-corrected chi connectivity index (χ2v) is 4.20. The Bertz CT molecular complexity index is 586. The number of aromatic hydroxyl groups is 1. The Balaban J connectivity index is 2.31. The van der Waals surface area contributed by atoms with E-state index in [9.17, 15) is 9.90 Å². The van der Waals surface area contributed by atoms with Crippen LogP contribution in [0.1, 0.15) is 5.56 Å². The van der Waals surface area contributed by atoms with Gasteiger partial charge in [0.05, 0.1) is 6.04 Å². The summed E-state index contributed by atoms with van der Waals surface area (Å²) in [7, 11) is 1.76. The van der Waals surface area contributed by atoms with Crippen LogP contribution in [0.5, 0.6) is 5.75 Å². The molecule has 0 radical (unpaired) electrons. The molecule has 0 saturated carbocycles. The maximum absolute atomic E-state index is 11.6. The summed E-state index contributed by atoms with van der Waals surface area (Å²) >= 11 is 0. The fraction of sp³-hybridized carbons (Fsp3) is 0.214. The van der Waals surface area contributed by atoms with Gasteiger partial charge in [-0.15, -0.1) is 0 Å². The molecule has 0 spiro atoms. The Morgan fingerprint density at radius 1 is 1.61 bits per heavy atom. The number of hydrogen-bond acceptors (Lipinski definition) is 3. The van der Waals surface area contributed by atoms with Crippen LogP contribution >= 0.6 is 0 Å². The van der Waals surface area contributed by atoms with Crippen molar-refractivity contribution in [1.82, 2.24) is 10.3 Å². The summed E-state index contributed by atoms with van der Waals surface area (Å²) < 4.78 is 0. The van der Waals surface area contributed by atoms with Crippen molar-refractivity contribution < 1.29 is 9.90 Å². The smallest absolute Gasteiger partial charge is 0.172 e. The predicted octanol–water partition coefficient (Wildman–Crippen LogP) is 1.76. The van der Waals surface area contributed by atoms with Gasteiger partial charge in [0, 0.05) is 23.2 Å². The summed E-state index contributed by atoms with van der Waals surface area (Å²) in [4.78, 5) is 14.7. The molecule has 94 valence electrons. The standard InChI is InChI=1S/C14H16N2O2/c1-3-14(18)13(15-2)6-9-8-16-12-7-10(17)4-5-11(9)12/h3-5,7-8,13,15-17H,1,6H2,2H3. The molecule has 0 saturated heterocycles. The molecule has 2 aromatic rings. The van der Waals surface area contributed by atoms with E-state index in [2.05, 4.69) is 16.9 Å². The van der Waals surface area contributed by atoms with Gasteiger partial charge in [-0.2, -0.15) is 0 Å². The lowest BCUT2D eigenvalue weighted by Crippen LogP contribution is -2.34. The van der Waals surface area contributed by atoms with Crippen LogP contribution in [0.25, 0.3) is 10.9 Å². The molecular weight excluding hydrogens is 228 g/mol. The monoisotopic (exact) mass is 244 g/mol. The Labute approximate surface area is 105 Å². The summed E-state index contributed by atoms with van der Waals surface area (Å²) in [5.74, 6) is 0.203. The summed E-state index contributed by atoms with van der Waals surface area (Å²) in [6.45, 7) is 3.50. The number of hydrogen-bond donors (Lipinski definition) is 3. The van der Waals surface area contributed by atoms with E-state index in [1.54, 1.807) is 19.2 Å². The number of aromatic nitrogens is 1. The van der Waals surface area contributed by atoms with E-state index in [0.717, 1.165) is 16.5 Å². The lowest BCUT2D eigenvalue weighted by atomic mass is 10.0. The van der Waals surface area contributed by atoms with Gasteiger partial charge >= 0.3 is 0 Å². The lowest BCUT2D eigenvalue weighted by molar-refractivity contribution is -0.116. The number of H-pyrrole nitrogens is 1. The maximum Gasteiger partial charge on any atom is 0.172 e. The minimum atomic E-state index is -0.268. The van der Waals surface area contributed by atoms with Crippen LogP contribution < -0.4 is 5.32 Å². The van der Waals surface area contributed by atoms with E-state index in [4.69, 9.17) is 0 Å². The third-order valence-corrected chi connectivity index (χ3v) is 3.07. The number of carbonyl (C=O) groups is 1. The van der Waals surface area contributed by atoms with Crippen molar-refractivity contribution in [2.75, 3.05) is 7.05 Å². The van der Waals surface area contributed by atoms with Crippen molar-refractivity contribution in [3.05, 3.63) is 42.6 Å². The third-order valence-electron chi connectivity index (χ3n) is 3.07. The number of benzene rings is 1. The molecule has 0 aliphatic carbocycles. The van der Waals surface area contributed by atoms with E-state index in [-0.39, 0.29) is 17.6 Å². The quantitative estimate of drug-likeness (QED) is 0.702. The molecule has 0 amide bonds. The molecule has 1 unspecified atom stereocenters. The summed E-state index contributed by atoms with van der Waals surface area (Å²) in [6, 6.07) is 4.89. The summed E-state index contributed by atoms with van der Waals surface area (Å²) in [5.41, 5.74) is 1.91. The second kappa shape index (κ2) is 5.06. The first-order chi connectivity index (χ1) is 8.65. The SMILES string of the molecule is C=CC(=O)C(Cc1c[nH]c2cc(O)ccc12)NC. The number of ketones is 1. The number of rotatable bonds is 5. The Morgan fingerprint density at radius 2 is 2.39 bits per heavy atom. The average molecular weight is 244 g/mol. The molecule has 1 heterocycles. The highest BCUT2D eigenvalue weighted by molar-refractivity contribution is 5.94. The normalized spacial score (nSPS) is 12.5. The van der Waals surface area contributed by atoms with Crippen LogP contribution in [0.2, 0.25) is 0 Å². The van der Waals surface area contributed by atoms with Crippen molar-refractivity contribution >= 4 is 16.7 Å². The van der Waals surface area contributed by atoms with Gasteiger partial charge in [0.2, 0.25) is 0 Å². The molecule has 1 aromatic heterocycles. The number of aromatic amines is 1. The molecule has 2 rings (SSSR count). The van der Waals surface area contributed by atoms with E-state index in [1.165, 1.54) is 6.08 Å². The van der Waals surface area contributed by atoms with Gasteiger partial charge in [0.25, 0.3) is 0 Å². The van der Waals surface area contributed by atoms with Crippen LogP contribution in [0.4, 0.5) is 0 Å². The first-order valence-corrected chi connectivity index (χ1v) is 5.78. The minimum absolute atomic E-state index is 0.0226. The number of fused-ring (bicyclic) bond motifs is 1. The molecule has 0 aliphatic heterocycles. The highest BCUT2D eigenvalue weighted by Gasteiger charge is 2.16. The molecule has 0 fully saturated rings. The maximum atomic E-state index is 11.6. The van der Waals surface area contributed by atoms with Crippen LogP contribution in [0.3, 0.4) is 0 Å². The molecule has 3 N–H and O–H groups in total. The minimum Gasteiger partial charge on any atom is -0.508 e. The van der Waals surface area contributed by atoms with E-state index < -0.39 is 0 Å². The number of phenols is 1. The molecule has 4 nitrogen and oxygen atoms in total. The van der Waals surface area contributed by atoms with Crippen LogP contribution in [0.15, 0.2) is 37.1 Å². The lowest BCUT2D eigenvalue weighted by Gasteiger charge is -2.11. The zero-order valence-electron chi connectivity index (χ0n) is 10.2. The topological polar surface area (TPSA) is 65.1 Å². The molecule has 1 aromatic carbocycles. The summed E-state index contributed by atoms with van der Waals surface area (Å²) in [6.07, 6.45) is 3.79. The fourth-order valence-electron chi connectivity index (χ4n) is 2.05. The molecule has 18 heavy (non-hydrogen) atoms. The van der Waals surface area contributed by atoms with E-state index in [1.807, 2.05) is 12.3 Å². The first kappa shape index (κ1) is 12.4. The fourth-order valence-corrected chi connectivity index (χ4v) is 2.05. The van der Waals surface area contributed by atoms with Crippen LogP contribution in [-0.2, 0) is 11.2 Å². The largest absolute Gasteiger partial charge is 0.508 e. The third kappa shape index (κ3) is 2.28. The zero-order chi connectivity index (χ0) is 13.1. The van der Waals surface area contributed by atoms with Crippen LogP contribution in [0, 0.1) is 0 Å². The van der Waals surface area contributed by atoms with Gasteiger partial charge in [-0.25, -0.2) is 0 Å². The number of carbonyl (C=O) groups excluding carboxylic acids is 1. The van der Waals surface area contributed by atoms with Crippen molar-refractivity contribution in [2.24, 2.45) is 0 Å². The van der Waals surface area contributed by atoms with E-state index >= 15 is 0 Å². The van der Waals surface area contributed by atoms with Crippen LogP contribution in [-0.4, -0.2) is 29.0 Å². The molecule has 0 aliphatic rings. The highest BCUT2D eigenvalue weighted by Crippen LogP contribution is 2.23. The molecule has 1 atom stereocenters. The molecule has 4 heteroatoms. The van der Waals surface area contributed by atoms with Crippen molar-refractivity contribution in [3.63, 3.8) is 0 Å². The van der Waals surface area contributed by atoms with E-state index in [0.29, 0.717) is 6.42 Å². The predicted molar refractivity (Wildman–Crippen MR) is 71.7 cm³/mol. The van der Waals surface area contributed by atoms with Gasteiger partial charge < -0.3 is 15.4 Å². The van der Waals surface area contributed by atoms with Gasteiger partial charge in [-0.1, -0.05) is 6.58 Å². The Morgan fingerprint density at radius 3 is 3.06 bits per heavy atom.